The van der Waals surface area contributed by atoms with Crippen LogP contribution < -0.4 is 0 Å². The standard InChI is InChI=1S/C23H25FN6O/c1-3-29-6-4-15(5-7-29)20-11-18-19(24)8-16(9-22(18)27-26-20)21-10-17(13-31)23-25-14(2)12-30(23)28-21/h8-12,15,31H,3-7,13H2,1-2H3. The lowest BCUT2D eigenvalue weighted by Gasteiger charge is -2.30. The molecule has 5 rings (SSSR count). The third-order valence-corrected chi connectivity index (χ3v) is 6.21. The molecule has 4 heterocycles. The number of aliphatic hydroxyl groups is 1. The molecule has 0 radical (unpaired) electrons. The lowest BCUT2D eigenvalue weighted by atomic mass is 9.92. The molecule has 3 aromatic heterocycles. The molecular weight excluding hydrogens is 395 g/mol. The summed E-state index contributed by atoms with van der Waals surface area (Å²) < 4.78 is 16.7. The van der Waals surface area contributed by atoms with Crippen molar-refractivity contribution < 1.29 is 9.50 Å². The topological polar surface area (TPSA) is 79.4 Å². The van der Waals surface area contributed by atoms with Crippen molar-refractivity contribution in [2.24, 2.45) is 0 Å². The number of likely N-dealkylation sites (tertiary alicyclic amines) is 1. The van der Waals surface area contributed by atoms with E-state index in [0.29, 0.717) is 39.3 Å². The van der Waals surface area contributed by atoms with E-state index in [1.54, 1.807) is 22.8 Å². The van der Waals surface area contributed by atoms with E-state index >= 15 is 4.39 Å². The van der Waals surface area contributed by atoms with E-state index in [0.717, 1.165) is 43.9 Å². The Hall–Kier alpha value is -2.97. The van der Waals surface area contributed by atoms with E-state index in [1.807, 2.05) is 13.0 Å². The zero-order chi connectivity index (χ0) is 21.5. The maximum atomic E-state index is 15.1. The van der Waals surface area contributed by atoms with E-state index in [9.17, 15) is 5.11 Å². The minimum Gasteiger partial charge on any atom is -0.392 e. The van der Waals surface area contributed by atoms with Crippen LogP contribution in [-0.2, 0) is 6.61 Å². The molecule has 1 fully saturated rings. The third-order valence-electron chi connectivity index (χ3n) is 6.21. The van der Waals surface area contributed by atoms with Gasteiger partial charge in [-0.3, -0.25) is 0 Å². The maximum Gasteiger partial charge on any atom is 0.159 e. The van der Waals surface area contributed by atoms with Crippen molar-refractivity contribution in [3.05, 3.63) is 53.2 Å². The van der Waals surface area contributed by atoms with Crippen molar-refractivity contribution in [2.75, 3.05) is 19.6 Å². The lowest BCUT2D eigenvalue weighted by Crippen LogP contribution is -2.32. The quantitative estimate of drug-likeness (QED) is 0.545. The molecule has 7 nitrogen and oxygen atoms in total. The van der Waals surface area contributed by atoms with Crippen LogP contribution in [0.5, 0.6) is 0 Å². The van der Waals surface area contributed by atoms with Crippen LogP contribution in [0.1, 0.15) is 42.6 Å². The maximum absolute atomic E-state index is 15.1. The van der Waals surface area contributed by atoms with Crippen LogP contribution in [-0.4, -0.2) is 54.4 Å². The highest BCUT2D eigenvalue weighted by atomic mass is 19.1. The number of piperidine rings is 1. The summed E-state index contributed by atoms with van der Waals surface area (Å²) in [6.45, 7) is 7.00. The highest BCUT2D eigenvalue weighted by Gasteiger charge is 2.22. The Morgan fingerprint density at radius 1 is 1.13 bits per heavy atom. The molecule has 1 aromatic carbocycles. The Morgan fingerprint density at radius 3 is 2.68 bits per heavy atom. The van der Waals surface area contributed by atoms with Crippen molar-refractivity contribution in [1.82, 2.24) is 29.7 Å². The van der Waals surface area contributed by atoms with E-state index in [4.69, 9.17) is 0 Å². The average molecular weight is 420 g/mol. The summed E-state index contributed by atoms with van der Waals surface area (Å²) in [6, 6.07) is 6.87. The molecule has 1 saturated heterocycles. The van der Waals surface area contributed by atoms with Crippen molar-refractivity contribution in [1.29, 1.82) is 0 Å². The van der Waals surface area contributed by atoms with Crippen molar-refractivity contribution in [2.45, 2.75) is 39.2 Å². The molecule has 1 aliphatic rings. The summed E-state index contributed by atoms with van der Waals surface area (Å²) in [7, 11) is 0. The molecule has 1 aliphatic heterocycles. The molecule has 8 heteroatoms. The van der Waals surface area contributed by atoms with Gasteiger partial charge in [-0.2, -0.15) is 15.3 Å². The van der Waals surface area contributed by atoms with Gasteiger partial charge in [0.1, 0.15) is 5.82 Å². The number of aromatic nitrogens is 5. The van der Waals surface area contributed by atoms with E-state index < -0.39 is 0 Å². The van der Waals surface area contributed by atoms with Gasteiger partial charge in [0.2, 0.25) is 0 Å². The highest BCUT2D eigenvalue weighted by Crippen LogP contribution is 2.31. The molecule has 31 heavy (non-hydrogen) atoms. The van der Waals surface area contributed by atoms with Gasteiger partial charge in [-0.1, -0.05) is 6.92 Å². The van der Waals surface area contributed by atoms with Gasteiger partial charge < -0.3 is 10.0 Å². The summed E-state index contributed by atoms with van der Waals surface area (Å²) in [4.78, 5) is 6.81. The Bertz CT molecular complexity index is 1260. The molecule has 0 spiro atoms. The van der Waals surface area contributed by atoms with E-state index in [2.05, 4.69) is 32.1 Å². The minimum absolute atomic E-state index is 0.175. The molecule has 0 amide bonds. The first-order valence-electron chi connectivity index (χ1n) is 10.7. The second-order valence-electron chi connectivity index (χ2n) is 8.23. The zero-order valence-electron chi connectivity index (χ0n) is 17.7. The minimum atomic E-state index is -0.344. The molecule has 0 atom stereocenters. The summed E-state index contributed by atoms with van der Waals surface area (Å²) in [6.07, 6.45) is 3.82. The number of fused-ring (bicyclic) bond motifs is 2. The number of imidazole rings is 1. The van der Waals surface area contributed by atoms with Crippen molar-refractivity contribution >= 4 is 16.6 Å². The van der Waals surface area contributed by atoms with Crippen LogP contribution in [0.25, 0.3) is 27.8 Å². The molecule has 0 aliphatic carbocycles. The Kier molecular flexibility index (Phi) is 5.11. The smallest absolute Gasteiger partial charge is 0.159 e. The third kappa shape index (κ3) is 3.66. The van der Waals surface area contributed by atoms with Gasteiger partial charge in [-0.15, -0.1) is 0 Å². The van der Waals surface area contributed by atoms with Crippen LogP contribution >= 0.6 is 0 Å². The molecular formula is C23H25FN6O. The first kappa shape index (κ1) is 20.0. The van der Waals surface area contributed by atoms with Crippen LogP contribution in [0.15, 0.2) is 30.5 Å². The van der Waals surface area contributed by atoms with Gasteiger partial charge >= 0.3 is 0 Å². The van der Waals surface area contributed by atoms with E-state index in [1.165, 1.54) is 6.07 Å². The van der Waals surface area contributed by atoms with Gasteiger partial charge in [0, 0.05) is 22.4 Å². The van der Waals surface area contributed by atoms with Crippen LogP contribution in [0.4, 0.5) is 4.39 Å². The fourth-order valence-corrected chi connectivity index (χ4v) is 4.42. The Labute approximate surface area is 179 Å². The Balaban J connectivity index is 1.52. The van der Waals surface area contributed by atoms with Gasteiger partial charge in [0.25, 0.3) is 0 Å². The largest absolute Gasteiger partial charge is 0.392 e. The van der Waals surface area contributed by atoms with Crippen LogP contribution in [0.3, 0.4) is 0 Å². The summed E-state index contributed by atoms with van der Waals surface area (Å²) in [5, 5.41) is 23.6. The SMILES string of the molecule is CCN1CCC(c2cc3c(F)cc(-c4cc(CO)c5nc(C)cn5n4)cc3nn2)CC1. The number of aryl methyl sites for hydroxylation is 1. The number of halogens is 1. The van der Waals surface area contributed by atoms with Gasteiger partial charge in [-0.05, 0) is 63.7 Å². The van der Waals surface area contributed by atoms with Crippen LogP contribution in [0, 0.1) is 12.7 Å². The van der Waals surface area contributed by atoms with Crippen LogP contribution in [0.2, 0.25) is 0 Å². The second-order valence-corrected chi connectivity index (χ2v) is 8.23. The van der Waals surface area contributed by atoms with Gasteiger partial charge in [0.15, 0.2) is 5.65 Å². The fraction of sp³-hybridized carbons (Fsp3) is 0.391. The van der Waals surface area contributed by atoms with E-state index in [-0.39, 0.29) is 12.4 Å². The Morgan fingerprint density at radius 2 is 1.94 bits per heavy atom. The highest BCUT2D eigenvalue weighted by molar-refractivity contribution is 5.84. The number of aliphatic hydroxyl groups excluding tert-OH is 1. The number of hydrogen-bond acceptors (Lipinski definition) is 6. The number of benzene rings is 1. The monoisotopic (exact) mass is 420 g/mol. The molecule has 0 bridgehead atoms. The molecule has 0 unspecified atom stereocenters. The van der Waals surface area contributed by atoms with Gasteiger partial charge in [-0.25, -0.2) is 13.9 Å². The number of nitrogens with zero attached hydrogens (tertiary/aromatic N) is 6. The first-order chi connectivity index (χ1) is 15.1. The second kappa shape index (κ2) is 7.94. The fourth-order valence-electron chi connectivity index (χ4n) is 4.42. The predicted octanol–water partition coefficient (Wildman–Crippen LogP) is 3.48. The number of hydrogen-bond donors (Lipinski definition) is 1. The molecule has 4 aromatic rings. The van der Waals surface area contributed by atoms with Gasteiger partial charge in [0.05, 0.1) is 35.4 Å². The first-order valence-corrected chi connectivity index (χ1v) is 10.7. The zero-order valence-corrected chi connectivity index (χ0v) is 17.7. The average Bonchev–Trinajstić information content (AvgIpc) is 3.18. The lowest BCUT2D eigenvalue weighted by molar-refractivity contribution is 0.220. The van der Waals surface area contributed by atoms with Crippen molar-refractivity contribution in [3.8, 4) is 11.3 Å². The predicted molar refractivity (Wildman–Crippen MR) is 116 cm³/mol. The summed E-state index contributed by atoms with van der Waals surface area (Å²) >= 11 is 0. The number of rotatable bonds is 4. The molecule has 1 N–H and O–H groups in total. The molecule has 0 saturated carbocycles. The van der Waals surface area contributed by atoms with Crippen molar-refractivity contribution in [3.63, 3.8) is 0 Å². The normalized spacial score (nSPS) is 15.9. The summed E-state index contributed by atoms with van der Waals surface area (Å²) in [5.41, 5.74) is 4.54. The molecule has 160 valence electrons. The summed E-state index contributed by atoms with van der Waals surface area (Å²) in [5.74, 6) is -0.0247.